The number of alkyl halides is 3. The SMILES string of the molecule is COc1ccccc1-c1cc(C(=O)N2CC(Oc3cccc(C(F)(F)F)n3)C2)n(C)n1. The molecule has 10 heteroatoms. The zero-order chi connectivity index (χ0) is 22.2. The van der Waals surface area contributed by atoms with Gasteiger partial charge < -0.3 is 14.4 Å². The summed E-state index contributed by atoms with van der Waals surface area (Å²) in [6, 6.07) is 12.5. The van der Waals surface area contributed by atoms with Crippen molar-refractivity contribution in [3.63, 3.8) is 0 Å². The second kappa shape index (κ2) is 7.93. The van der Waals surface area contributed by atoms with Crippen LogP contribution in [0.3, 0.4) is 0 Å². The topological polar surface area (TPSA) is 69.5 Å². The van der Waals surface area contributed by atoms with E-state index < -0.39 is 18.0 Å². The van der Waals surface area contributed by atoms with E-state index in [0.29, 0.717) is 17.1 Å². The van der Waals surface area contributed by atoms with Gasteiger partial charge in [-0.1, -0.05) is 18.2 Å². The number of likely N-dealkylation sites (tertiary alicyclic amines) is 1. The number of pyridine rings is 1. The van der Waals surface area contributed by atoms with Crippen molar-refractivity contribution in [3.8, 4) is 22.9 Å². The largest absolute Gasteiger partial charge is 0.496 e. The molecule has 0 spiro atoms. The monoisotopic (exact) mass is 432 g/mol. The Morgan fingerprint density at radius 3 is 2.58 bits per heavy atom. The van der Waals surface area contributed by atoms with E-state index >= 15 is 0 Å². The van der Waals surface area contributed by atoms with Gasteiger partial charge in [0.2, 0.25) is 5.88 Å². The van der Waals surface area contributed by atoms with E-state index in [4.69, 9.17) is 9.47 Å². The van der Waals surface area contributed by atoms with Crippen molar-refractivity contribution in [1.29, 1.82) is 0 Å². The van der Waals surface area contributed by atoms with Crippen LogP contribution in [-0.4, -0.2) is 51.9 Å². The van der Waals surface area contributed by atoms with Gasteiger partial charge in [0, 0.05) is 18.7 Å². The molecule has 31 heavy (non-hydrogen) atoms. The number of carbonyl (C=O) groups excluding carboxylic acids is 1. The lowest BCUT2D eigenvalue weighted by Crippen LogP contribution is -2.56. The third kappa shape index (κ3) is 4.18. The lowest BCUT2D eigenvalue weighted by Gasteiger charge is -2.38. The van der Waals surface area contributed by atoms with Gasteiger partial charge in [0.05, 0.1) is 25.9 Å². The number of aromatic nitrogens is 3. The molecule has 1 fully saturated rings. The lowest BCUT2D eigenvalue weighted by molar-refractivity contribution is -0.141. The fraction of sp³-hybridized carbons (Fsp3) is 0.286. The molecule has 0 atom stereocenters. The molecule has 0 radical (unpaired) electrons. The van der Waals surface area contributed by atoms with E-state index in [1.165, 1.54) is 16.8 Å². The number of para-hydroxylation sites is 1. The predicted molar refractivity (Wildman–Crippen MR) is 105 cm³/mol. The van der Waals surface area contributed by atoms with Gasteiger partial charge >= 0.3 is 6.18 Å². The van der Waals surface area contributed by atoms with Crippen LogP contribution in [0.25, 0.3) is 11.3 Å². The van der Waals surface area contributed by atoms with Crippen LogP contribution in [0.2, 0.25) is 0 Å². The van der Waals surface area contributed by atoms with Gasteiger partial charge in [-0.3, -0.25) is 9.48 Å². The van der Waals surface area contributed by atoms with Gasteiger partial charge in [-0.25, -0.2) is 4.98 Å². The highest BCUT2D eigenvalue weighted by Gasteiger charge is 2.36. The fourth-order valence-corrected chi connectivity index (χ4v) is 3.30. The van der Waals surface area contributed by atoms with Crippen molar-refractivity contribution >= 4 is 5.91 Å². The highest BCUT2D eigenvalue weighted by Crippen LogP contribution is 2.31. The molecule has 2 aromatic heterocycles. The smallest absolute Gasteiger partial charge is 0.433 e. The number of hydrogen-bond acceptors (Lipinski definition) is 5. The highest BCUT2D eigenvalue weighted by molar-refractivity contribution is 5.94. The maximum Gasteiger partial charge on any atom is 0.433 e. The number of nitrogens with zero attached hydrogens (tertiary/aromatic N) is 4. The average molecular weight is 432 g/mol. The first-order valence-electron chi connectivity index (χ1n) is 9.44. The highest BCUT2D eigenvalue weighted by atomic mass is 19.4. The molecule has 3 aromatic rings. The number of halogens is 3. The van der Waals surface area contributed by atoms with Gasteiger partial charge in [-0.05, 0) is 24.3 Å². The molecule has 162 valence electrons. The zero-order valence-electron chi connectivity index (χ0n) is 16.8. The minimum Gasteiger partial charge on any atom is -0.496 e. The molecule has 4 rings (SSSR count). The number of carbonyl (C=O) groups is 1. The van der Waals surface area contributed by atoms with Crippen molar-refractivity contribution < 1.29 is 27.4 Å². The van der Waals surface area contributed by atoms with E-state index in [2.05, 4.69) is 10.1 Å². The van der Waals surface area contributed by atoms with Crippen LogP contribution >= 0.6 is 0 Å². The minimum absolute atomic E-state index is 0.120. The van der Waals surface area contributed by atoms with Gasteiger partial charge in [0.1, 0.15) is 23.2 Å². The molecular weight excluding hydrogens is 413 g/mol. The Morgan fingerprint density at radius 1 is 1.13 bits per heavy atom. The molecule has 1 saturated heterocycles. The summed E-state index contributed by atoms with van der Waals surface area (Å²) < 4.78 is 50.7. The van der Waals surface area contributed by atoms with Crippen molar-refractivity contribution in [2.45, 2.75) is 12.3 Å². The quantitative estimate of drug-likeness (QED) is 0.618. The van der Waals surface area contributed by atoms with Gasteiger partial charge in [0.25, 0.3) is 5.91 Å². The third-order valence-electron chi connectivity index (χ3n) is 4.92. The van der Waals surface area contributed by atoms with E-state index in [1.54, 1.807) is 25.1 Å². The van der Waals surface area contributed by atoms with Crippen LogP contribution in [0, 0.1) is 0 Å². The number of rotatable bonds is 5. The Kier molecular flexibility index (Phi) is 5.30. The molecule has 1 aliphatic heterocycles. The Balaban J connectivity index is 1.42. The van der Waals surface area contributed by atoms with E-state index in [1.807, 2.05) is 24.3 Å². The summed E-state index contributed by atoms with van der Waals surface area (Å²) in [6.07, 6.45) is -4.97. The Hall–Kier alpha value is -3.56. The van der Waals surface area contributed by atoms with Crippen molar-refractivity contribution in [2.75, 3.05) is 20.2 Å². The maximum atomic E-state index is 12.8. The number of hydrogen-bond donors (Lipinski definition) is 0. The Labute approximate surface area is 176 Å². The van der Waals surface area contributed by atoms with Crippen LogP contribution in [0.4, 0.5) is 13.2 Å². The van der Waals surface area contributed by atoms with Crippen molar-refractivity contribution in [1.82, 2.24) is 19.7 Å². The number of aryl methyl sites for hydroxylation is 1. The van der Waals surface area contributed by atoms with Gasteiger partial charge in [0.15, 0.2) is 0 Å². The molecule has 1 amide bonds. The summed E-state index contributed by atoms with van der Waals surface area (Å²) in [4.78, 5) is 17.9. The number of methoxy groups -OCH3 is 1. The molecule has 0 bridgehead atoms. The van der Waals surface area contributed by atoms with Crippen LogP contribution < -0.4 is 9.47 Å². The minimum atomic E-state index is -4.54. The molecule has 0 aliphatic carbocycles. The Bertz CT molecular complexity index is 1110. The molecule has 0 unspecified atom stereocenters. The Morgan fingerprint density at radius 2 is 1.87 bits per heavy atom. The zero-order valence-corrected chi connectivity index (χ0v) is 16.8. The first-order chi connectivity index (χ1) is 14.8. The van der Waals surface area contributed by atoms with Crippen molar-refractivity contribution in [3.05, 3.63) is 59.9 Å². The van der Waals surface area contributed by atoms with Gasteiger partial charge in [-0.15, -0.1) is 0 Å². The summed E-state index contributed by atoms with van der Waals surface area (Å²) in [7, 11) is 3.24. The first kappa shape index (κ1) is 20.7. The predicted octanol–water partition coefficient (Wildman–Crippen LogP) is 3.41. The molecule has 0 saturated carbocycles. The van der Waals surface area contributed by atoms with E-state index in [9.17, 15) is 18.0 Å². The second-order valence-electron chi connectivity index (χ2n) is 7.05. The van der Waals surface area contributed by atoms with Crippen LogP contribution in [-0.2, 0) is 13.2 Å². The average Bonchev–Trinajstić information content (AvgIpc) is 3.11. The molecule has 1 aliphatic rings. The van der Waals surface area contributed by atoms with Gasteiger partial charge in [-0.2, -0.15) is 18.3 Å². The molecule has 3 heterocycles. The number of benzene rings is 1. The standard InChI is InChI=1S/C21H19F3N4O3/c1-27-16(10-15(26-27)14-6-3-4-7-17(14)30-2)20(29)28-11-13(12-28)31-19-9-5-8-18(25-19)21(22,23)24/h3-10,13H,11-12H2,1-2H3. The summed E-state index contributed by atoms with van der Waals surface area (Å²) >= 11 is 0. The molecule has 0 N–H and O–H groups in total. The lowest BCUT2D eigenvalue weighted by atomic mass is 10.1. The normalized spacial score (nSPS) is 14.3. The summed E-state index contributed by atoms with van der Waals surface area (Å²) in [5.41, 5.74) is 0.734. The van der Waals surface area contributed by atoms with Crippen LogP contribution in [0.5, 0.6) is 11.6 Å². The molecular formula is C21H19F3N4O3. The summed E-state index contributed by atoms with van der Waals surface area (Å²) in [6.45, 7) is 0.484. The number of amides is 1. The fourth-order valence-electron chi connectivity index (χ4n) is 3.30. The number of ether oxygens (including phenoxy) is 2. The maximum absolute atomic E-state index is 12.8. The summed E-state index contributed by atoms with van der Waals surface area (Å²) in [5.74, 6) is 0.282. The first-order valence-corrected chi connectivity index (χ1v) is 9.44. The second-order valence-corrected chi connectivity index (χ2v) is 7.05. The summed E-state index contributed by atoms with van der Waals surface area (Å²) in [5, 5.41) is 4.41. The van der Waals surface area contributed by atoms with Crippen molar-refractivity contribution in [2.24, 2.45) is 7.05 Å². The van der Waals surface area contributed by atoms with Crippen LogP contribution in [0.1, 0.15) is 16.2 Å². The molecule has 7 nitrogen and oxygen atoms in total. The van der Waals surface area contributed by atoms with E-state index in [-0.39, 0.29) is 24.9 Å². The van der Waals surface area contributed by atoms with Crippen LogP contribution in [0.15, 0.2) is 48.5 Å². The van der Waals surface area contributed by atoms with E-state index in [0.717, 1.165) is 11.6 Å². The third-order valence-corrected chi connectivity index (χ3v) is 4.92. The molecule has 1 aromatic carbocycles.